The molecule has 0 aliphatic heterocycles. The minimum absolute atomic E-state index is 0.0194. The van der Waals surface area contributed by atoms with Crippen molar-refractivity contribution in [2.45, 2.75) is 6.92 Å². The number of pyridine rings is 1. The Kier molecular flexibility index (Phi) is 5.13. The number of hydrogen-bond acceptors (Lipinski definition) is 4. The van der Waals surface area contributed by atoms with E-state index in [1.807, 2.05) is 25.1 Å². The van der Waals surface area contributed by atoms with Gasteiger partial charge in [0.05, 0.1) is 5.52 Å². The summed E-state index contributed by atoms with van der Waals surface area (Å²) in [5.41, 5.74) is 3.65. The highest BCUT2D eigenvalue weighted by atomic mass is 16.3. The zero-order chi connectivity index (χ0) is 21.1. The molecule has 0 aliphatic rings. The number of aryl methyl sites for hydroxylation is 1. The lowest BCUT2D eigenvalue weighted by atomic mass is 10.1. The molecule has 0 atom stereocenters. The average Bonchev–Trinajstić information content (AvgIpc) is 2.75. The molecule has 1 heterocycles. The van der Waals surface area contributed by atoms with E-state index in [1.54, 1.807) is 48.7 Å². The Balaban J connectivity index is 1.53. The van der Waals surface area contributed by atoms with Crippen molar-refractivity contribution < 1.29 is 14.7 Å². The van der Waals surface area contributed by atoms with E-state index in [4.69, 9.17) is 0 Å². The summed E-state index contributed by atoms with van der Waals surface area (Å²) < 4.78 is 0. The molecule has 0 aliphatic carbocycles. The molecule has 0 unspecified atom stereocenters. The summed E-state index contributed by atoms with van der Waals surface area (Å²) in [5, 5.41) is 16.1. The number of anilines is 2. The minimum atomic E-state index is -0.348. The first-order valence-electron chi connectivity index (χ1n) is 9.37. The lowest BCUT2D eigenvalue weighted by Crippen LogP contribution is -2.14. The molecule has 0 saturated heterocycles. The normalized spacial score (nSPS) is 10.6. The van der Waals surface area contributed by atoms with E-state index in [2.05, 4.69) is 15.6 Å². The van der Waals surface area contributed by atoms with Crippen LogP contribution in [0.2, 0.25) is 0 Å². The maximum atomic E-state index is 12.7. The number of carbonyl (C=O) groups is 2. The summed E-state index contributed by atoms with van der Waals surface area (Å²) in [7, 11) is 0. The smallest absolute Gasteiger partial charge is 0.255 e. The van der Waals surface area contributed by atoms with Crippen LogP contribution >= 0.6 is 0 Å². The van der Waals surface area contributed by atoms with Crippen LogP contribution in [0.4, 0.5) is 11.4 Å². The van der Waals surface area contributed by atoms with Gasteiger partial charge >= 0.3 is 0 Å². The molecular formula is C24H19N3O3. The number of aromatic nitrogens is 1. The molecule has 4 rings (SSSR count). The highest BCUT2D eigenvalue weighted by Gasteiger charge is 2.11. The summed E-state index contributed by atoms with van der Waals surface area (Å²) in [6, 6.07) is 20.5. The second-order valence-corrected chi connectivity index (χ2v) is 6.90. The summed E-state index contributed by atoms with van der Waals surface area (Å²) in [6.45, 7) is 1.86. The Labute approximate surface area is 173 Å². The molecule has 1 aromatic heterocycles. The van der Waals surface area contributed by atoms with Crippen LogP contribution in [0.1, 0.15) is 26.3 Å². The first-order valence-corrected chi connectivity index (χ1v) is 9.37. The van der Waals surface area contributed by atoms with Crippen molar-refractivity contribution >= 4 is 34.1 Å². The monoisotopic (exact) mass is 397 g/mol. The predicted molar refractivity (Wildman–Crippen MR) is 117 cm³/mol. The van der Waals surface area contributed by atoms with E-state index in [0.29, 0.717) is 22.5 Å². The van der Waals surface area contributed by atoms with Crippen LogP contribution < -0.4 is 10.6 Å². The van der Waals surface area contributed by atoms with Gasteiger partial charge in [-0.05, 0) is 67.1 Å². The van der Waals surface area contributed by atoms with Crippen LogP contribution in [0.25, 0.3) is 10.9 Å². The molecule has 0 radical (unpaired) electrons. The second-order valence-electron chi connectivity index (χ2n) is 6.90. The highest BCUT2D eigenvalue weighted by molar-refractivity contribution is 6.07. The molecule has 30 heavy (non-hydrogen) atoms. The zero-order valence-electron chi connectivity index (χ0n) is 16.2. The van der Waals surface area contributed by atoms with Crippen LogP contribution in [-0.4, -0.2) is 21.9 Å². The number of hydrogen-bond donors (Lipinski definition) is 3. The van der Waals surface area contributed by atoms with E-state index < -0.39 is 0 Å². The molecule has 3 aromatic carbocycles. The number of phenols is 1. The minimum Gasteiger partial charge on any atom is -0.508 e. The maximum absolute atomic E-state index is 12.7. The van der Waals surface area contributed by atoms with Crippen LogP contribution in [0.3, 0.4) is 0 Å². The fourth-order valence-electron chi connectivity index (χ4n) is 3.10. The summed E-state index contributed by atoms with van der Waals surface area (Å²) >= 11 is 0. The largest absolute Gasteiger partial charge is 0.508 e. The van der Waals surface area contributed by atoms with E-state index in [-0.39, 0.29) is 17.6 Å². The number of phenolic OH excluding ortho intramolecular Hbond substituents is 1. The van der Waals surface area contributed by atoms with E-state index in [1.165, 1.54) is 12.1 Å². The number of carbonyl (C=O) groups excluding carboxylic acids is 2. The fraction of sp³-hybridized carbons (Fsp3) is 0.0417. The number of aromatic hydroxyl groups is 1. The molecule has 6 heteroatoms. The Morgan fingerprint density at radius 2 is 1.63 bits per heavy atom. The Hall–Kier alpha value is -4.19. The summed E-state index contributed by atoms with van der Waals surface area (Å²) in [6.07, 6.45) is 1.71. The van der Waals surface area contributed by atoms with Crippen molar-refractivity contribution in [2.75, 3.05) is 10.6 Å². The molecule has 3 N–H and O–H groups in total. The number of rotatable bonds is 4. The maximum Gasteiger partial charge on any atom is 0.255 e. The lowest BCUT2D eigenvalue weighted by Gasteiger charge is -2.12. The van der Waals surface area contributed by atoms with Gasteiger partial charge in [0.25, 0.3) is 11.8 Å². The summed E-state index contributed by atoms with van der Waals surface area (Å²) in [4.78, 5) is 29.4. The second kappa shape index (κ2) is 8.05. The van der Waals surface area contributed by atoms with Crippen molar-refractivity contribution in [2.24, 2.45) is 0 Å². The van der Waals surface area contributed by atoms with Gasteiger partial charge in [0, 0.05) is 34.1 Å². The molecule has 4 aromatic rings. The fourth-order valence-corrected chi connectivity index (χ4v) is 3.10. The number of fused-ring (bicyclic) bond motifs is 1. The quantitative estimate of drug-likeness (QED) is 0.463. The molecule has 0 fully saturated rings. The van der Waals surface area contributed by atoms with Crippen LogP contribution in [0.15, 0.2) is 79.0 Å². The van der Waals surface area contributed by atoms with Crippen LogP contribution in [0.5, 0.6) is 5.75 Å². The topological polar surface area (TPSA) is 91.3 Å². The van der Waals surface area contributed by atoms with Gasteiger partial charge in [-0.1, -0.05) is 18.2 Å². The number of amides is 2. The van der Waals surface area contributed by atoms with Gasteiger partial charge in [-0.2, -0.15) is 0 Å². The van der Waals surface area contributed by atoms with Gasteiger partial charge in [0.15, 0.2) is 0 Å². The third kappa shape index (κ3) is 4.12. The third-order valence-corrected chi connectivity index (χ3v) is 4.72. The zero-order valence-corrected chi connectivity index (χ0v) is 16.2. The van der Waals surface area contributed by atoms with E-state index in [9.17, 15) is 14.7 Å². The molecule has 0 spiro atoms. The number of nitrogens with one attached hydrogen (secondary N) is 2. The van der Waals surface area contributed by atoms with Crippen molar-refractivity contribution in [3.05, 3.63) is 95.7 Å². The van der Waals surface area contributed by atoms with Crippen LogP contribution in [0, 0.1) is 6.92 Å². The molecular weight excluding hydrogens is 378 g/mol. The SMILES string of the molecule is Cc1ccc(NC(=O)c2ccc3ncccc3c2)cc1NC(=O)c1cccc(O)c1. The lowest BCUT2D eigenvalue weighted by molar-refractivity contribution is 0.101. The van der Waals surface area contributed by atoms with Crippen molar-refractivity contribution in [1.29, 1.82) is 0 Å². The molecule has 0 bridgehead atoms. The molecule has 0 saturated carbocycles. The molecule has 2 amide bonds. The van der Waals surface area contributed by atoms with E-state index in [0.717, 1.165) is 16.5 Å². The Morgan fingerprint density at radius 3 is 2.47 bits per heavy atom. The first kappa shape index (κ1) is 19.1. The summed E-state index contributed by atoms with van der Waals surface area (Å²) in [5.74, 6) is -0.583. The van der Waals surface area contributed by atoms with Crippen molar-refractivity contribution in [3.63, 3.8) is 0 Å². The van der Waals surface area contributed by atoms with Gasteiger partial charge in [-0.25, -0.2) is 0 Å². The Morgan fingerprint density at radius 1 is 0.833 bits per heavy atom. The number of nitrogens with zero attached hydrogens (tertiary/aromatic N) is 1. The van der Waals surface area contributed by atoms with Gasteiger partial charge in [-0.15, -0.1) is 0 Å². The average molecular weight is 397 g/mol. The first-order chi connectivity index (χ1) is 14.5. The number of benzene rings is 3. The Bertz CT molecular complexity index is 1270. The van der Waals surface area contributed by atoms with Crippen LogP contribution in [-0.2, 0) is 0 Å². The molecule has 6 nitrogen and oxygen atoms in total. The van der Waals surface area contributed by atoms with Crippen molar-refractivity contribution in [1.82, 2.24) is 4.98 Å². The predicted octanol–water partition coefficient (Wildman–Crippen LogP) is 4.75. The highest BCUT2D eigenvalue weighted by Crippen LogP contribution is 2.23. The van der Waals surface area contributed by atoms with Gasteiger partial charge < -0.3 is 15.7 Å². The van der Waals surface area contributed by atoms with Crippen molar-refractivity contribution in [3.8, 4) is 5.75 Å². The standard InChI is InChI=1S/C24H19N3O3/c1-15-7-9-19(14-22(15)27-24(30)17-4-2-6-20(28)13-17)26-23(29)18-8-10-21-16(12-18)5-3-11-25-21/h2-14,28H,1H3,(H,26,29)(H,27,30). The van der Waals surface area contributed by atoms with E-state index >= 15 is 0 Å². The van der Waals surface area contributed by atoms with Gasteiger partial charge in [0.1, 0.15) is 5.75 Å². The third-order valence-electron chi connectivity index (χ3n) is 4.72. The van der Waals surface area contributed by atoms with Gasteiger partial charge in [-0.3, -0.25) is 14.6 Å². The van der Waals surface area contributed by atoms with Gasteiger partial charge in [0.2, 0.25) is 0 Å². The molecule has 148 valence electrons.